The molecule has 1 aromatic carbocycles. The van der Waals surface area contributed by atoms with E-state index in [2.05, 4.69) is 0 Å². The molecule has 0 aliphatic carbocycles. The molecule has 1 aliphatic rings. The summed E-state index contributed by atoms with van der Waals surface area (Å²) in [6.45, 7) is 4.24. The highest BCUT2D eigenvalue weighted by molar-refractivity contribution is 8.24. The van der Waals surface area contributed by atoms with Crippen molar-refractivity contribution in [3.63, 3.8) is 0 Å². The van der Waals surface area contributed by atoms with Crippen molar-refractivity contribution in [2.75, 3.05) is 13.2 Å². The van der Waals surface area contributed by atoms with Crippen molar-refractivity contribution in [2.24, 2.45) is 0 Å². The average Bonchev–Trinajstić information content (AvgIpc) is 2.89. The van der Waals surface area contributed by atoms with Gasteiger partial charge in [0.05, 0.1) is 27.2 Å². The van der Waals surface area contributed by atoms with Gasteiger partial charge in [-0.1, -0.05) is 23.5 Å². The monoisotopic (exact) mass is 323 g/mol. The van der Waals surface area contributed by atoms with Gasteiger partial charge in [0.1, 0.15) is 17.6 Å². The van der Waals surface area contributed by atoms with Gasteiger partial charge in [-0.05, 0) is 26.0 Å². The quantitative estimate of drug-likeness (QED) is 0.517. The Kier molecular flexibility index (Phi) is 5.04. The molecular weight excluding hydrogens is 310 g/mol. The Morgan fingerprint density at radius 2 is 2.00 bits per heavy atom. The van der Waals surface area contributed by atoms with E-state index in [4.69, 9.17) is 9.47 Å². The molecule has 0 amide bonds. The van der Waals surface area contributed by atoms with E-state index < -0.39 is 5.97 Å². The highest BCUT2D eigenvalue weighted by atomic mass is 32.2. The number of esters is 1. The molecule has 0 unspecified atom stereocenters. The topological polar surface area (TPSA) is 79.6 Å². The fraction of sp³-hybridized carbons (Fsp3) is 0.286. The van der Waals surface area contributed by atoms with Gasteiger partial charge in [-0.2, -0.15) is 5.26 Å². The molecule has 2 rings (SSSR count). The molecule has 110 valence electrons. The van der Waals surface area contributed by atoms with E-state index in [1.807, 2.05) is 13.0 Å². The summed E-state index contributed by atoms with van der Waals surface area (Å²) in [5.74, 6) is 0.0707. The first kappa shape index (κ1) is 15.6. The van der Waals surface area contributed by atoms with Crippen LogP contribution in [0, 0.1) is 11.3 Å². The van der Waals surface area contributed by atoms with Gasteiger partial charge in [0.15, 0.2) is 5.57 Å². The third-order valence-electron chi connectivity index (χ3n) is 2.54. The van der Waals surface area contributed by atoms with Crippen molar-refractivity contribution in [1.82, 2.24) is 0 Å². The Bertz CT molecular complexity index is 649. The van der Waals surface area contributed by atoms with E-state index in [1.54, 1.807) is 13.0 Å². The highest BCUT2D eigenvalue weighted by Gasteiger charge is 2.30. The van der Waals surface area contributed by atoms with Gasteiger partial charge in [-0.15, -0.1) is 0 Å². The third-order valence-corrected chi connectivity index (χ3v) is 5.18. The Balaban J connectivity index is 2.42. The lowest BCUT2D eigenvalue weighted by Gasteiger charge is -2.08. The van der Waals surface area contributed by atoms with Gasteiger partial charge in [-0.25, -0.2) is 4.79 Å². The summed E-state index contributed by atoms with van der Waals surface area (Å²) in [6.07, 6.45) is 0. The maximum atomic E-state index is 11.8. The number of phenols is 1. The summed E-state index contributed by atoms with van der Waals surface area (Å²) < 4.78 is 10.9. The molecule has 0 saturated heterocycles. The molecule has 21 heavy (non-hydrogen) atoms. The predicted octanol–water partition coefficient (Wildman–Crippen LogP) is 3.29. The van der Waals surface area contributed by atoms with E-state index in [0.29, 0.717) is 26.4 Å². The first-order valence-corrected chi connectivity index (χ1v) is 7.91. The Hall–Kier alpha value is -1.78. The second-order valence-electron chi connectivity index (χ2n) is 3.87. The molecule has 0 spiro atoms. The zero-order chi connectivity index (χ0) is 15.4. The van der Waals surface area contributed by atoms with Crippen LogP contribution < -0.4 is 4.74 Å². The number of aromatic hydroxyl groups is 1. The van der Waals surface area contributed by atoms with E-state index in [-0.39, 0.29) is 17.9 Å². The smallest absolute Gasteiger partial charge is 0.350 e. The van der Waals surface area contributed by atoms with Gasteiger partial charge in [0, 0.05) is 0 Å². The van der Waals surface area contributed by atoms with E-state index in [9.17, 15) is 15.2 Å². The number of carbonyl (C=O) groups excluding carboxylic acids is 1. The molecule has 0 saturated carbocycles. The summed E-state index contributed by atoms with van der Waals surface area (Å²) in [7, 11) is 0. The lowest BCUT2D eigenvalue weighted by molar-refractivity contribution is -0.138. The number of ether oxygens (including phenoxy) is 2. The lowest BCUT2D eigenvalue weighted by atomic mass is 10.3. The fourth-order valence-electron chi connectivity index (χ4n) is 1.68. The first-order chi connectivity index (χ1) is 10.1. The average molecular weight is 323 g/mol. The number of nitriles is 1. The maximum absolute atomic E-state index is 11.8. The van der Waals surface area contributed by atoms with Gasteiger partial charge in [-0.3, -0.25) is 0 Å². The number of nitrogens with zero attached hydrogens (tertiary/aromatic N) is 1. The highest BCUT2D eigenvalue weighted by Crippen LogP contribution is 2.58. The normalized spacial score (nSPS) is 15.1. The zero-order valence-electron chi connectivity index (χ0n) is 11.5. The number of rotatable bonds is 4. The number of hydrogen-bond donors (Lipinski definition) is 1. The SMILES string of the molecule is CCOC(=O)/C(C#N)=C1/Sc2c(O)ccc(OCC)c2S1. The fourth-order valence-corrected chi connectivity index (χ4v) is 4.23. The molecule has 1 aromatic rings. The van der Waals surface area contributed by atoms with E-state index >= 15 is 0 Å². The van der Waals surface area contributed by atoms with Crippen LogP contribution in [0.4, 0.5) is 0 Å². The summed E-state index contributed by atoms with van der Waals surface area (Å²) in [5, 5.41) is 19.1. The summed E-state index contributed by atoms with van der Waals surface area (Å²) in [5.41, 5.74) is -0.0510. The summed E-state index contributed by atoms with van der Waals surface area (Å²) >= 11 is 2.42. The number of fused-ring (bicyclic) bond motifs is 1. The summed E-state index contributed by atoms with van der Waals surface area (Å²) in [4.78, 5) is 13.1. The molecule has 1 N–H and O–H groups in total. The second kappa shape index (κ2) is 6.78. The van der Waals surface area contributed by atoms with E-state index in [0.717, 1.165) is 0 Å². The number of benzene rings is 1. The van der Waals surface area contributed by atoms with Crippen LogP contribution in [0.2, 0.25) is 0 Å². The van der Waals surface area contributed by atoms with Crippen molar-refractivity contribution >= 4 is 29.5 Å². The van der Waals surface area contributed by atoms with Crippen LogP contribution in [0.5, 0.6) is 11.5 Å². The molecule has 0 atom stereocenters. The Morgan fingerprint density at radius 3 is 2.62 bits per heavy atom. The van der Waals surface area contributed by atoms with Gasteiger partial charge in [0.2, 0.25) is 0 Å². The maximum Gasteiger partial charge on any atom is 0.350 e. The minimum absolute atomic E-state index is 0.0510. The molecule has 1 aliphatic heterocycles. The molecule has 0 fully saturated rings. The molecule has 1 heterocycles. The van der Waals surface area contributed by atoms with Crippen molar-refractivity contribution < 1.29 is 19.4 Å². The lowest BCUT2D eigenvalue weighted by Crippen LogP contribution is -2.07. The number of hydrogen-bond acceptors (Lipinski definition) is 7. The van der Waals surface area contributed by atoms with Crippen LogP contribution in [0.3, 0.4) is 0 Å². The van der Waals surface area contributed by atoms with Crippen molar-refractivity contribution in [2.45, 2.75) is 23.6 Å². The molecule has 7 heteroatoms. The number of phenolic OH excluding ortho intramolecular Hbond substituents is 1. The molecule has 0 radical (unpaired) electrons. The van der Waals surface area contributed by atoms with Crippen LogP contribution in [0.1, 0.15) is 13.8 Å². The van der Waals surface area contributed by atoms with E-state index in [1.165, 1.54) is 29.6 Å². The Labute approximate surface area is 130 Å². The van der Waals surface area contributed by atoms with Crippen LogP contribution >= 0.6 is 23.5 Å². The van der Waals surface area contributed by atoms with Crippen LogP contribution in [-0.4, -0.2) is 24.3 Å². The minimum Gasteiger partial charge on any atom is -0.507 e. The van der Waals surface area contributed by atoms with Gasteiger partial charge >= 0.3 is 5.97 Å². The van der Waals surface area contributed by atoms with Gasteiger partial charge in [0.25, 0.3) is 0 Å². The van der Waals surface area contributed by atoms with Gasteiger partial charge < -0.3 is 14.6 Å². The number of thioether (sulfide) groups is 2. The molecule has 5 nitrogen and oxygen atoms in total. The first-order valence-electron chi connectivity index (χ1n) is 6.28. The molecule has 0 aromatic heterocycles. The van der Waals surface area contributed by atoms with Crippen molar-refractivity contribution in [1.29, 1.82) is 5.26 Å². The number of carbonyl (C=O) groups is 1. The van der Waals surface area contributed by atoms with Crippen LogP contribution in [-0.2, 0) is 9.53 Å². The molecular formula is C14H13NO4S2. The van der Waals surface area contributed by atoms with Crippen molar-refractivity contribution in [3.8, 4) is 17.6 Å². The predicted molar refractivity (Wildman–Crippen MR) is 80.3 cm³/mol. The minimum atomic E-state index is -0.653. The van der Waals surface area contributed by atoms with Crippen LogP contribution in [0.25, 0.3) is 0 Å². The second-order valence-corrected chi connectivity index (χ2v) is 6.17. The molecule has 0 bridgehead atoms. The van der Waals surface area contributed by atoms with Crippen LogP contribution in [0.15, 0.2) is 31.7 Å². The van der Waals surface area contributed by atoms with Crippen molar-refractivity contribution in [3.05, 3.63) is 21.9 Å². The third kappa shape index (κ3) is 3.12. The largest absolute Gasteiger partial charge is 0.507 e. The zero-order valence-corrected chi connectivity index (χ0v) is 13.1. The summed E-state index contributed by atoms with van der Waals surface area (Å²) in [6, 6.07) is 5.08. The Morgan fingerprint density at radius 1 is 1.29 bits per heavy atom. The standard InChI is InChI=1S/C14H13NO4S2/c1-3-18-10-6-5-9(16)11-12(10)21-14(20-11)8(7-15)13(17)19-4-2/h5-6,16H,3-4H2,1-2H3/b14-8-.